The summed E-state index contributed by atoms with van der Waals surface area (Å²) in [5.41, 5.74) is 4.56. The molecule has 0 aliphatic carbocycles. The second-order valence-corrected chi connectivity index (χ2v) is 8.23. The molecule has 3 rings (SSSR count). The number of carbonyl (C=O) groups is 1. The third kappa shape index (κ3) is 3.84. The van der Waals surface area contributed by atoms with Crippen molar-refractivity contribution in [1.82, 2.24) is 10.2 Å². The van der Waals surface area contributed by atoms with Crippen LogP contribution in [0.2, 0.25) is 4.34 Å². The molecule has 1 aliphatic heterocycles. The summed E-state index contributed by atoms with van der Waals surface area (Å²) in [6, 6.07) is 10.1. The largest absolute Gasteiger partial charge is 0.393 e. The second kappa shape index (κ2) is 8.11. The Balaban J connectivity index is 2.15. The number of thiophene rings is 1. The Hall–Kier alpha value is -2.37. The first-order chi connectivity index (χ1) is 13.0. The number of halogens is 1. The summed E-state index contributed by atoms with van der Waals surface area (Å²) in [4.78, 5) is 15.2. The molecule has 2 heterocycles. The normalized spacial score (nSPS) is 16.6. The number of fused-ring (bicyclic) bond motifs is 1. The number of hydrogen-bond acceptors (Lipinski definition) is 4. The molecular weight excluding hydrogens is 378 g/mol. The van der Waals surface area contributed by atoms with Gasteiger partial charge in [-0.25, -0.2) is 0 Å². The molecule has 1 amide bonds. The highest BCUT2D eigenvalue weighted by Crippen LogP contribution is 2.42. The average molecular weight is 400 g/mol. The van der Waals surface area contributed by atoms with Gasteiger partial charge >= 0.3 is 0 Å². The Bertz CT molecular complexity index is 931. The van der Waals surface area contributed by atoms with E-state index in [0.29, 0.717) is 18.8 Å². The first kappa shape index (κ1) is 19.4. The van der Waals surface area contributed by atoms with Crippen molar-refractivity contribution in [3.05, 3.63) is 75.1 Å². The molecule has 0 saturated carbocycles. The molecule has 0 saturated heterocycles. The molecule has 27 heavy (non-hydrogen) atoms. The lowest BCUT2D eigenvalue weighted by molar-refractivity contribution is -0.127. The van der Waals surface area contributed by atoms with Crippen molar-refractivity contribution in [3.8, 4) is 0 Å². The number of nitrogens with one attached hydrogen (secondary N) is 2. The molecule has 4 nitrogen and oxygen atoms in total. The fourth-order valence-corrected chi connectivity index (χ4v) is 4.88. The van der Waals surface area contributed by atoms with Crippen LogP contribution in [0.15, 0.2) is 49.2 Å². The summed E-state index contributed by atoms with van der Waals surface area (Å²) in [5.74, 6) is -0.0842. The summed E-state index contributed by atoms with van der Waals surface area (Å²) >= 11 is 7.83. The molecule has 0 fully saturated rings. The number of allylic oxidation sites excluding steroid dienone is 1. The van der Waals surface area contributed by atoms with Crippen molar-refractivity contribution in [1.29, 1.82) is 5.41 Å². The van der Waals surface area contributed by atoms with Crippen molar-refractivity contribution < 1.29 is 4.79 Å². The number of nitrogens with zero attached hydrogens (tertiary/aromatic N) is 1. The van der Waals surface area contributed by atoms with Crippen LogP contribution in [0, 0.1) is 5.41 Å². The van der Waals surface area contributed by atoms with Gasteiger partial charge in [-0.3, -0.25) is 4.79 Å². The van der Waals surface area contributed by atoms with E-state index in [2.05, 4.69) is 18.0 Å². The fraction of sp³-hybridized carbons (Fsp3) is 0.238. The van der Waals surface area contributed by atoms with Crippen molar-refractivity contribution in [2.45, 2.75) is 19.4 Å². The van der Waals surface area contributed by atoms with E-state index < -0.39 is 0 Å². The van der Waals surface area contributed by atoms with Gasteiger partial charge < -0.3 is 15.6 Å². The van der Waals surface area contributed by atoms with Crippen LogP contribution in [0.4, 0.5) is 0 Å². The zero-order valence-electron chi connectivity index (χ0n) is 15.4. The van der Waals surface area contributed by atoms with E-state index in [1.807, 2.05) is 42.4 Å². The van der Waals surface area contributed by atoms with Crippen LogP contribution >= 0.6 is 22.9 Å². The van der Waals surface area contributed by atoms with Crippen LogP contribution in [0.3, 0.4) is 0 Å². The molecule has 0 unspecified atom stereocenters. The van der Waals surface area contributed by atoms with Gasteiger partial charge in [-0.15, -0.1) is 11.3 Å². The summed E-state index contributed by atoms with van der Waals surface area (Å²) in [7, 11) is 1.83. The topological polar surface area (TPSA) is 56.2 Å². The van der Waals surface area contributed by atoms with Gasteiger partial charge in [-0.1, -0.05) is 42.4 Å². The third-order valence-electron chi connectivity index (χ3n) is 4.73. The maximum atomic E-state index is 12.3. The van der Waals surface area contributed by atoms with Gasteiger partial charge in [0.2, 0.25) is 5.91 Å². The number of hydrogen-bond donors (Lipinski definition) is 2. The summed E-state index contributed by atoms with van der Waals surface area (Å²) in [5, 5.41) is 11.2. The first-order valence-electron chi connectivity index (χ1n) is 8.68. The van der Waals surface area contributed by atoms with Crippen LogP contribution in [0.1, 0.15) is 34.4 Å². The van der Waals surface area contributed by atoms with E-state index in [1.54, 1.807) is 6.92 Å². The van der Waals surface area contributed by atoms with Gasteiger partial charge in [-0.05, 0) is 35.8 Å². The monoisotopic (exact) mass is 399 g/mol. The zero-order chi connectivity index (χ0) is 19.6. The van der Waals surface area contributed by atoms with E-state index in [4.69, 9.17) is 17.0 Å². The Morgan fingerprint density at radius 1 is 1.41 bits per heavy atom. The van der Waals surface area contributed by atoms with Crippen LogP contribution in [0.25, 0.3) is 5.57 Å². The lowest BCUT2D eigenvalue weighted by Gasteiger charge is -2.33. The number of carbonyl (C=O) groups excluding carboxylic acids is 1. The number of amides is 1. The Morgan fingerprint density at radius 2 is 2.15 bits per heavy atom. The Labute approximate surface area is 168 Å². The van der Waals surface area contributed by atoms with Crippen molar-refractivity contribution in [2.75, 3.05) is 13.6 Å². The molecule has 6 heteroatoms. The van der Waals surface area contributed by atoms with Crippen molar-refractivity contribution in [2.24, 2.45) is 0 Å². The molecule has 1 aromatic heterocycles. The minimum atomic E-state index is -0.0816. The van der Waals surface area contributed by atoms with Gasteiger partial charge in [0.25, 0.3) is 0 Å². The molecule has 0 radical (unpaired) electrons. The van der Waals surface area contributed by atoms with Crippen LogP contribution in [-0.4, -0.2) is 30.1 Å². The number of rotatable bonds is 5. The smallest absolute Gasteiger partial charge is 0.246 e. The van der Waals surface area contributed by atoms with Gasteiger partial charge in [-0.2, -0.15) is 0 Å². The molecule has 1 atom stereocenters. The maximum absolute atomic E-state index is 12.3. The Morgan fingerprint density at radius 3 is 2.81 bits per heavy atom. The molecule has 0 bridgehead atoms. The molecular formula is C21H22ClN3OS. The second-order valence-electron chi connectivity index (χ2n) is 6.46. The molecule has 140 valence electrons. The van der Waals surface area contributed by atoms with Crippen LogP contribution in [-0.2, 0) is 11.3 Å². The summed E-state index contributed by atoms with van der Waals surface area (Å²) < 4.78 is 0.726. The van der Waals surface area contributed by atoms with Gasteiger partial charge in [0.1, 0.15) is 0 Å². The maximum Gasteiger partial charge on any atom is 0.246 e. The van der Waals surface area contributed by atoms with E-state index in [9.17, 15) is 4.79 Å². The molecule has 1 aliphatic rings. The van der Waals surface area contributed by atoms with Crippen molar-refractivity contribution in [3.63, 3.8) is 0 Å². The van der Waals surface area contributed by atoms with Crippen LogP contribution in [0.5, 0.6) is 0 Å². The van der Waals surface area contributed by atoms with E-state index in [0.717, 1.165) is 31.5 Å². The van der Waals surface area contributed by atoms with Crippen LogP contribution < -0.4 is 5.32 Å². The molecule has 2 aromatic rings. The highest BCUT2D eigenvalue weighted by molar-refractivity contribution is 7.16. The SMILES string of the molecule is C=CC(=O)N1Cc2sc(Cl)cc2[C@@H](c2ccccc2/C(=C/NC)C(C)=N)C1. The third-order valence-corrected chi connectivity index (χ3v) is 5.99. The Kier molecular flexibility index (Phi) is 5.82. The standard InChI is InChI=1S/C21H22ClN3OS/c1-4-21(26)25-11-18(16-9-20(22)27-19(16)12-25)15-8-6-5-7-14(15)17(10-24-3)13(2)23/h4-10,18,23-24H,1,11-12H2,2-3H3/b17-10+,23-13?/t18-/m1/s1. The van der Waals surface area contributed by atoms with Gasteiger partial charge in [0.15, 0.2) is 0 Å². The van der Waals surface area contributed by atoms with E-state index in [1.165, 1.54) is 17.4 Å². The first-order valence-corrected chi connectivity index (χ1v) is 9.87. The summed E-state index contributed by atoms with van der Waals surface area (Å²) in [6.07, 6.45) is 3.20. The predicted molar refractivity (Wildman–Crippen MR) is 114 cm³/mol. The molecule has 2 N–H and O–H groups in total. The lowest BCUT2D eigenvalue weighted by atomic mass is 9.83. The fourth-order valence-electron chi connectivity index (χ4n) is 3.53. The highest BCUT2D eigenvalue weighted by atomic mass is 35.5. The quantitative estimate of drug-likeness (QED) is 0.567. The minimum absolute atomic E-state index is 0.00259. The van der Waals surface area contributed by atoms with E-state index >= 15 is 0 Å². The van der Waals surface area contributed by atoms with Gasteiger partial charge in [0.05, 0.1) is 10.9 Å². The lowest BCUT2D eigenvalue weighted by Crippen LogP contribution is -2.37. The summed E-state index contributed by atoms with van der Waals surface area (Å²) in [6.45, 7) is 6.52. The van der Waals surface area contributed by atoms with Gasteiger partial charge in [0, 0.05) is 41.9 Å². The number of benzene rings is 1. The average Bonchev–Trinajstić information content (AvgIpc) is 3.04. The zero-order valence-corrected chi connectivity index (χ0v) is 17.0. The van der Waals surface area contributed by atoms with E-state index in [-0.39, 0.29) is 11.8 Å². The van der Waals surface area contributed by atoms with Crippen molar-refractivity contribution >= 4 is 40.1 Å². The predicted octanol–water partition coefficient (Wildman–Crippen LogP) is 4.66. The molecule has 1 aromatic carbocycles. The highest BCUT2D eigenvalue weighted by Gasteiger charge is 2.32. The molecule has 0 spiro atoms. The minimum Gasteiger partial charge on any atom is -0.393 e.